The second-order valence-electron chi connectivity index (χ2n) is 4.82. The smallest absolute Gasteiger partial charge is 0.254 e. The molecule has 1 amide bonds. The van der Waals surface area contributed by atoms with Gasteiger partial charge in [0.2, 0.25) is 0 Å². The Hall–Kier alpha value is -2.44. The fourth-order valence-corrected chi connectivity index (χ4v) is 2.06. The van der Waals surface area contributed by atoms with Gasteiger partial charge in [-0.05, 0) is 32.4 Å². The van der Waals surface area contributed by atoms with Crippen molar-refractivity contribution in [2.75, 3.05) is 12.3 Å². The molecule has 112 valence electrons. The predicted octanol–water partition coefficient (Wildman–Crippen LogP) is 1.44. The van der Waals surface area contributed by atoms with Gasteiger partial charge in [0.05, 0.1) is 11.3 Å². The number of hydrogen-bond acceptors (Lipinski definition) is 4. The number of hydrogen-bond donors (Lipinski definition) is 2. The Morgan fingerprint density at radius 3 is 2.90 bits per heavy atom. The first-order chi connectivity index (χ1) is 9.99. The molecular formula is C14H18FN5O. The lowest BCUT2D eigenvalue weighted by molar-refractivity contribution is 0.0948. The van der Waals surface area contributed by atoms with Crippen molar-refractivity contribution in [1.82, 2.24) is 20.1 Å². The van der Waals surface area contributed by atoms with Crippen LogP contribution in [0.25, 0.3) is 0 Å². The number of pyridine rings is 1. The number of carbonyl (C=O) groups is 1. The van der Waals surface area contributed by atoms with Crippen LogP contribution in [0, 0.1) is 19.7 Å². The molecule has 0 unspecified atom stereocenters. The van der Waals surface area contributed by atoms with Gasteiger partial charge < -0.3 is 11.1 Å². The number of nitrogens with zero attached hydrogens (tertiary/aromatic N) is 3. The van der Waals surface area contributed by atoms with E-state index in [9.17, 15) is 9.18 Å². The molecule has 0 saturated carbocycles. The zero-order valence-electron chi connectivity index (χ0n) is 12.1. The summed E-state index contributed by atoms with van der Waals surface area (Å²) < 4.78 is 15.5. The van der Waals surface area contributed by atoms with E-state index in [0.717, 1.165) is 11.4 Å². The molecule has 0 aliphatic heterocycles. The summed E-state index contributed by atoms with van der Waals surface area (Å²) >= 11 is 0. The Morgan fingerprint density at radius 2 is 2.24 bits per heavy atom. The summed E-state index contributed by atoms with van der Waals surface area (Å²) in [6, 6.07) is 3.30. The summed E-state index contributed by atoms with van der Waals surface area (Å²) in [5.74, 6) is -1.55. The van der Waals surface area contributed by atoms with Crippen LogP contribution in [0.15, 0.2) is 18.3 Å². The standard InChI is InChI=1S/C14H18FN5O/c1-9-8-10(2)20(19-9)7-3-5-18-14(21)11-4-6-17-13(16)12(11)15/h4,6,8H,3,5,7H2,1-2H3,(H2,16,17)(H,18,21). The average molecular weight is 291 g/mol. The Kier molecular flexibility index (Phi) is 4.52. The molecule has 0 aromatic carbocycles. The molecule has 2 heterocycles. The lowest BCUT2D eigenvalue weighted by atomic mass is 10.2. The molecule has 0 spiro atoms. The fraction of sp³-hybridized carbons (Fsp3) is 0.357. The molecule has 0 radical (unpaired) electrons. The van der Waals surface area contributed by atoms with Crippen molar-refractivity contribution >= 4 is 11.7 Å². The zero-order chi connectivity index (χ0) is 15.4. The molecular weight excluding hydrogens is 273 g/mol. The lowest BCUT2D eigenvalue weighted by Gasteiger charge is -2.08. The highest BCUT2D eigenvalue weighted by Crippen LogP contribution is 2.11. The summed E-state index contributed by atoms with van der Waals surface area (Å²) in [5.41, 5.74) is 7.28. The van der Waals surface area contributed by atoms with Gasteiger partial charge in [-0.15, -0.1) is 0 Å². The van der Waals surface area contributed by atoms with E-state index in [4.69, 9.17) is 5.73 Å². The topological polar surface area (TPSA) is 85.8 Å². The summed E-state index contributed by atoms with van der Waals surface area (Å²) in [6.07, 6.45) is 2.01. The van der Waals surface area contributed by atoms with Crippen molar-refractivity contribution in [3.8, 4) is 0 Å². The number of aryl methyl sites for hydroxylation is 3. The van der Waals surface area contributed by atoms with Crippen LogP contribution in [0.2, 0.25) is 0 Å². The number of nitrogens with one attached hydrogen (secondary N) is 1. The number of amides is 1. The minimum Gasteiger partial charge on any atom is -0.381 e. The molecule has 0 bridgehead atoms. The molecule has 0 atom stereocenters. The van der Waals surface area contributed by atoms with E-state index in [1.165, 1.54) is 12.3 Å². The summed E-state index contributed by atoms with van der Waals surface area (Å²) in [4.78, 5) is 15.4. The average Bonchev–Trinajstić information content (AvgIpc) is 2.76. The molecule has 2 rings (SSSR count). The summed E-state index contributed by atoms with van der Waals surface area (Å²) in [7, 11) is 0. The van der Waals surface area contributed by atoms with Gasteiger partial charge >= 0.3 is 0 Å². The minimum atomic E-state index is -0.784. The van der Waals surface area contributed by atoms with Crippen molar-refractivity contribution in [2.24, 2.45) is 0 Å². The van der Waals surface area contributed by atoms with Crippen molar-refractivity contribution in [3.05, 3.63) is 41.1 Å². The molecule has 21 heavy (non-hydrogen) atoms. The minimum absolute atomic E-state index is 0.0892. The van der Waals surface area contributed by atoms with E-state index in [0.29, 0.717) is 19.5 Å². The SMILES string of the molecule is Cc1cc(C)n(CCCNC(=O)c2ccnc(N)c2F)n1. The molecule has 0 fully saturated rings. The molecule has 0 saturated heterocycles. The Morgan fingerprint density at radius 1 is 1.48 bits per heavy atom. The highest BCUT2D eigenvalue weighted by atomic mass is 19.1. The van der Waals surface area contributed by atoms with Gasteiger partial charge in [0.15, 0.2) is 11.6 Å². The third-order valence-corrected chi connectivity index (χ3v) is 3.10. The van der Waals surface area contributed by atoms with Crippen molar-refractivity contribution in [2.45, 2.75) is 26.8 Å². The molecule has 2 aromatic rings. The maximum Gasteiger partial charge on any atom is 0.254 e. The van der Waals surface area contributed by atoms with E-state index in [1.54, 1.807) is 0 Å². The maximum atomic E-state index is 13.6. The maximum absolute atomic E-state index is 13.6. The number of anilines is 1. The van der Waals surface area contributed by atoms with Crippen LogP contribution in [-0.2, 0) is 6.54 Å². The zero-order valence-corrected chi connectivity index (χ0v) is 12.1. The second kappa shape index (κ2) is 6.34. The molecule has 0 aliphatic carbocycles. The largest absolute Gasteiger partial charge is 0.381 e. The predicted molar refractivity (Wildman–Crippen MR) is 77.3 cm³/mol. The van der Waals surface area contributed by atoms with E-state index in [-0.39, 0.29) is 11.4 Å². The monoisotopic (exact) mass is 291 g/mol. The first-order valence-electron chi connectivity index (χ1n) is 6.68. The van der Waals surface area contributed by atoms with Crippen molar-refractivity contribution in [1.29, 1.82) is 0 Å². The van der Waals surface area contributed by atoms with Gasteiger partial charge in [-0.3, -0.25) is 9.48 Å². The Labute approximate surface area is 122 Å². The third-order valence-electron chi connectivity index (χ3n) is 3.10. The quantitative estimate of drug-likeness (QED) is 0.816. The number of aromatic nitrogens is 3. The Balaban J connectivity index is 1.85. The van der Waals surface area contributed by atoms with Crippen LogP contribution in [-0.4, -0.2) is 27.2 Å². The van der Waals surface area contributed by atoms with Crippen LogP contribution >= 0.6 is 0 Å². The number of halogens is 1. The second-order valence-corrected chi connectivity index (χ2v) is 4.82. The van der Waals surface area contributed by atoms with Gasteiger partial charge in [0, 0.05) is 25.0 Å². The molecule has 2 aromatic heterocycles. The third kappa shape index (κ3) is 3.56. The highest BCUT2D eigenvalue weighted by Gasteiger charge is 2.13. The molecule has 7 heteroatoms. The first-order valence-corrected chi connectivity index (χ1v) is 6.68. The van der Waals surface area contributed by atoms with Crippen molar-refractivity contribution in [3.63, 3.8) is 0 Å². The lowest BCUT2D eigenvalue weighted by Crippen LogP contribution is -2.26. The highest BCUT2D eigenvalue weighted by molar-refractivity contribution is 5.95. The van der Waals surface area contributed by atoms with Crippen molar-refractivity contribution < 1.29 is 9.18 Å². The van der Waals surface area contributed by atoms with Crippen LogP contribution in [0.3, 0.4) is 0 Å². The van der Waals surface area contributed by atoms with Gasteiger partial charge in [-0.1, -0.05) is 0 Å². The van der Waals surface area contributed by atoms with Gasteiger partial charge in [0.1, 0.15) is 0 Å². The fourth-order valence-electron chi connectivity index (χ4n) is 2.06. The van der Waals surface area contributed by atoms with Crippen LogP contribution in [0.1, 0.15) is 28.2 Å². The Bertz CT molecular complexity index is 653. The first kappa shape index (κ1) is 15.0. The number of nitrogen functional groups attached to an aromatic ring is 1. The molecule has 6 nitrogen and oxygen atoms in total. The number of rotatable bonds is 5. The van der Waals surface area contributed by atoms with E-state index >= 15 is 0 Å². The van der Waals surface area contributed by atoms with Crippen LogP contribution in [0.5, 0.6) is 0 Å². The van der Waals surface area contributed by atoms with Crippen LogP contribution < -0.4 is 11.1 Å². The number of carbonyl (C=O) groups excluding carboxylic acids is 1. The van der Waals surface area contributed by atoms with Crippen LogP contribution in [0.4, 0.5) is 10.2 Å². The normalized spacial score (nSPS) is 10.6. The van der Waals surface area contributed by atoms with E-state index < -0.39 is 11.7 Å². The molecule has 3 N–H and O–H groups in total. The van der Waals surface area contributed by atoms with Gasteiger partial charge in [-0.2, -0.15) is 5.10 Å². The summed E-state index contributed by atoms with van der Waals surface area (Å²) in [6.45, 7) is 5.04. The van der Waals surface area contributed by atoms with E-state index in [1.807, 2.05) is 24.6 Å². The number of nitrogens with two attached hydrogens (primary N) is 1. The molecule has 0 aliphatic rings. The van der Waals surface area contributed by atoms with Gasteiger partial charge in [-0.25, -0.2) is 9.37 Å². The van der Waals surface area contributed by atoms with Gasteiger partial charge in [0.25, 0.3) is 5.91 Å². The van der Waals surface area contributed by atoms with E-state index in [2.05, 4.69) is 15.4 Å². The summed E-state index contributed by atoms with van der Waals surface area (Å²) in [5, 5.41) is 6.99.